The first kappa shape index (κ1) is 9.61. The van der Waals surface area contributed by atoms with Crippen molar-refractivity contribution in [3.63, 3.8) is 0 Å². The summed E-state index contributed by atoms with van der Waals surface area (Å²) in [5.41, 5.74) is 0. The molecule has 0 fully saturated rings. The van der Waals surface area contributed by atoms with Gasteiger partial charge in [-0.3, -0.25) is 0 Å². The average molecular weight is 202 g/mol. The Labute approximate surface area is 79.6 Å². The van der Waals surface area contributed by atoms with Crippen LogP contribution in [0.5, 0.6) is 0 Å². The van der Waals surface area contributed by atoms with Crippen LogP contribution >= 0.6 is 23.1 Å². The summed E-state index contributed by atoms with van der Waals surface area (Å²) in [5, 5.41) is 8.80. The Bertz CT molecular complexity index is 291. The number of carbonyl (C=O) groups is 1. The van der Waals surface area contributed by atoms with Crippen LogP contribution in [0.15, 0.2) is 11.0 Å². The van der Waals surface area contributed by atoms with Crippen molar-refractivity contribution in [2.75, 3.05) is 5.75 Å². The van der Waals surface area contributed by atoms with E-state index in [1.165, 1.54) is 11.3 Å². The Balaban J connectivity index is 2.99. The van der Waals surface area contributed by atoms with Crippen LogP contribution in [0.1, 0.15) is 21.5 Å². The molecule has 0 aromatic carbocycles. The molecule has 0 aliphatic heterocycles. The van der Waals surface area contributed by atoms with Gasteiger partial charge >= 0.3 is 5.97 Å². The molecule has 0 saturated heterocycles. The number of thiophene rings is 1. The number of aromatic carboxylic acids is 1. The normalized spacial score (nSPS) is 10.2. The van der Waals surface area contributed by atoms with Crippen molar-refractivity contribution in [3.05, 3.63) is 15.8 Å². The molecule has 1 aromatic heterocycles. The molecule has 2 nitrogen and oxygen atoms in total. The zero-order valence-corrected chi connectivity index (χ0v) is 8.59. The SMILES string of the molecule is CCSc1cc(C)sc1C(=O)O. The van der Waals surface area contributed by atoms with Crippen LogP contribution in [0.2, 0.25) is 0 Å². The lowest BCUT2D eigenvalue weighted by atomic mass is 10.4. The third-order valence-corrected chi connectivity index (χ3v) is 3.40. The maximum atomic E-state index is 10.7. The van der Waals surface area contributed by atoms with Gasteiger partial charge in [0.05, 0.1) is 0 Å². The number of hydrogen-bond acceptors (Lipinski definition) is 3. The molecule has 0 radical (unpaired) electrons. The summed E-state index contributed by atoms with van der Waals surface area (Å²) in [6.45, 7) is 3.94. The molecule has 0 bridgehead atoms. The van der Waals surface area contributed by atoms with Gasteiger partial charge in [0.1, 0.15) is 4.88 Å². The highest BCUT2D eigenvalue weighted by molar-refractivity contribution is 7.99. The Hall–Kier alpha value is -0.480. The van der Waals surface area contributed by atoms with Gasteiger partial charge in [0, 0.05) is 9.77 Å². The predicted octanol–water partition coefficient (Wildman–Crippen LogP) is 2.87. The largest absolute Gasteiger partial charge is 0.477 e. The van der Waals surface area contributed by atoms with E-state index in [0.717, 1.165) is 15.5 Å². The molecule has 0 saturated carbocycles. The highest BCUT2D eigenvalue weighted by Gasteiger charge is 2.12. The first-order chi connectivity index (χ1) is 5.65. The smallest absolute Gasteiger partial charge is 0.347 e. The van der Waals surface area contributed by atoms with Crippen LogP contribution in [-0.2, 0) is 0 Å². The summed E-state index contributed by atoms with van der Waals surface area (Å²) in [7, 11) is 0. The molecular weight excluding hydrogens is 192 g/mol. The van der Waals surface area contributed by atoms with Gasteiger partial charge in [0.25, 0.3) is 0 Å². The molecule has 0 amide bonds. The summed E-state index contributed by atoms with van der Waals surface area (Å²) in [5.74, 6) is 0.0975. The van der Waals surface area contributed by atoms with Crippen LogP contribution in [-0.4, -0.2) is 16.8 Å². The molecule has 1 heterocycles. The quantitative estimate of drug-likeness (QED) is 0.766. The van der Waals surface area contributed by atoms with Crippen molar-refractivity contribution in [1.29, 1.82) is 0 Å². The predicted molar refractivity (Wildman–Crippen MR) is 52.4 cm³/mol. The Morgan fingerprint density at radius 1 is 1.75 bits per heavy atom. The minimum atomic E-state index is -0.816. The third-order valence-electron chi connectivity index (χ3n) is 1.32. The number of carboxylic acids is 1. The first-order valence-corrected chi connectivity index (χ1v) is 5.42. The van der Waals surface area contributed by atoms with Crippen LogP contribution < -0.4 is 0 Å². The fourth-order valence-electron chi connectivity index (χ4n) is 0.903. The maximum Gasteiger partial charge on any atom is 0.347 e. The second-order valence-corrected chi connectivity index (χ2v) is 4.85. The molecular formula is C8H10O2S2. The van der Waals surface area contributed by atoms with Crippen molar-refractivity contribution in [2.24, 2.45) is 0 Å². The Morgan fingerprint density at radius 2 is 2.42 bits per heavy atom. The lowest BCUT2D eigenvalue weighted by Gasteiger charge is -1.94. The number of aryl methyl sites for hydroxylation is 1. The lowest BCUT2D eigenvalue weighted by molar-refractivity contribution is 0.0699. The van der Waals surface area contributed by atoms with E-state index in [1.807, 2.05) is 19.9 Å². The fraction of sp³-hybridized carbons (Fsp3) is 0.375. The van der Waals surface area contributed by atoms with E-state index in [1.54, 1.807) is 11.8 Å². The summed E-state index contributed by atoms with van der Waals surface area (Å²) >= 11 is 2.92. The van der Waals surface area contributed by atoms with Crippen LogP contribution in [0, 0.1) is 6.92 Å². The molecule has 0 aliphatic carbocycles. The van der Waals surface area contributed by atoms with Gasteiger partial charge in [-0.05, 0) is 18.7 Å². The number of carboxylic acid groups (broad SMARTS) is 1. The van der Waals surface area contributed by atoms with E-state index < -0.39 is 5.97 Å². The van der Waals surface area contributed by atoms with Crippen molar-refractivity contribution in [1.82, 2.24) is 0 Å². The van der Waals surface area contributed by atoms with Crippen molar-refractivity contribution in [3.8, 4) is 0 Å². The van der Waals surface area contributed by atoms with Crippen molar-refractivity contribution in [2.45, 2.75) is 18.7 Å². The Kier molecular flexibility index (Phi) is 3.17. The van der Waals surface area contributed by atoms with Crippen LogP contribution in [0.25, 0.3) is 0 Å². The van der Waals surface area contributed by atoms with Gasteiger partial charge in [-0.2, -0.15) is 0 Å². The summed E-state index contributed by atoms with van der Waals surface area (Å²) in [6.07, 6.45) is 0. The number of thioether (sulfide) groups is 1. The molecule has 0 spiro atoms. The summed E-state index contributed by atoms with van der Waals surface area (Å²) in [4.78, 5) is 13.1. The highest BCUT2D eigenvalue weighted by atomic mass is 32.2. The molecule has 0 unspecified atom stereocenters. The van der Waals surface area contributed by atoms with Gasteiger partial charge in [-0.25, -0.2) is 4.79 Å². The van der Waals surface area contributed by atoms with E-state index in [4.69, 9.17) is 5.11 Å². The number of hydrogen-bond donors (Lipinski definition) is 1. The molecule has 0 atom stereocenters. The average Bonchev–Trinajstić information content (AvgIpc) is 2.32. The topological polar surface area (TPSA) is 37.3 Å². The van der Waals surface area contributed by atoms with Crippen LogP contribution in [0.4, 0.5) is 0 Å². The second-order valence-electron chi connectivity index (χ2n) is 2.29. The Morgan fingerprint density at radius 3 is 2.92 bits per heavy atom. The first-order valence-electron chi connectivity index (χ1n) is 3.61. The molecule has 1 aromatic rings. The molecule has 1 rings (SSSR count). The third kappa shape index (κ3) is 2.01. The van der Waals surface area contributed by atoms with E-state index >= 15 is 0 Å². The molecule has 1 N–H and O–H groups in total. The van der Waals surface area contributed by atoms with Gasteiger partial charge in [-0.1, -0.05) is 6.92 Å². The van der Waals surface area contributed by atoms with Crippen molar-refractivity contribution >= 4 is 29.1 Å². The monoisotopic (exact) mass is 202 g/mol. The fourth-order valence-corrected chi connectivity index (χ4v) is 2.81. The van der Waals surface area contributed by atoms with Crippen LogP contribution in [0.3, 0.4) is 0 Å². The maximum absolute atomic E-state index is 10.7. The van der Waals surface area contributed by atoms with Gasteiger partial charge in [0.2, 0.25) is 0 Å². The molecule has 4 heteroatoms. The second kappa shape index (κ2) is 3.96. The zero-order valence-electron chi connectivity index (χ0n) is 6.96. The van der Waals surface area contributed by atoms with E-state index in [-0.39, 0.29) is 0 Å². The zero-order chi connectivity index (χ0) is 9.14. The standard InChI is InChI=1S/C8H10O2S2/c1-3-11-6-4-5(2)12-7(6)8(9)10/h4H,3H2,1-2H3,(H,9,10). The van der Waals surface area contributed by atoms with E-state index in [0.29, 0.717) is 4.88 Å². The number of rotatable bonds is 3. The minimum absolute atomic E-state index is 0.472. The van der Waals surface area contributed by atoms with Crippen molar-refractivity contribution < 1.29 is 9.90 Å². The summed E-state index contributed by atoms with van der Waals surface area (Å²) in [6, 6.07) is 1.93. The molecule has 0 aliphatic rings. The lowest BCUT2D eigenvalue weighted by Crippen LogP contribution is -1.93. The van der Waals surface area contributed by atoms with E-state index in [9.17, 15) is 4.79 Å². The highest BCUT2D eigenvalue weighted by Crippen LogP contribution is 2.30. The minimum Gasteiger partial charge on any atom is -0.477 e. The van der Waals surface area contributed by atoms with Gasteiger partial charge in [0.15, 0.2) is 0 Å². The van der Waals surface area contributed by atoms with E-state index in [2.05, 4.69) is 0 Å². The van der Waals surface area contributed by atoms with Gasteiger partial charge in [-0.15, -0.1) is 23.1 Å². The molecule has 66 valence electrons. The molecule has 12 heavy (non-hydrogen) atoms. The van der Waals surface area contributed by atoms with Gasteiger partial charge < -0.3 is 5.11 Å². The summed E-state index contributed by atoms with van der Waals surface area (Å²) < 4.78 is 0.